The molecule has 0 fully saturated rings. The molecule has 3 N–H and O–H groups in total. The smallest absolute Gasteiger partial charge is 0.322 e. The molecule has 25 heavy (non-hydrogen) atoms. The fourth-order valence-electron chi connectivity index (χ4n) is 2.62. The van der Waals surface area contributed by atoms with Gasteiger partial charge in [0.1, 0.15) is 6.04 Å². The number of aryl methyl sites for hydroxylation is 1. The lowest BCUT2D eigenvalue weighted by Crippen LogP contribution is -2.42. The number of carboxylic acids is 1. The van der Waals surface area contributed by atoms with Crippen molar-refractivity contribution in [2.75, 3.05) is 0 Å². The Balaban J connectivity index is 1.83. The zero-order valence-corrected chi connectivity index (χ0v) is 14.4. The van der Waals surface area contributed by atoms with Gasteiger partial charge in [-0.3, -0.25) is 4.79 Å². The number of hydrogen-bond donors (Lipinski definition) is 3. The number of sulfonamides is 1. The Labute approximate surface area is 145 Å². The number of aliphatic carboxylic acids is 1. The number of aromatic nitrogens is 1. The van der Waals surface area contributed by atoms with Crippen LogP contribution in [0.25, 0.3) is 10.9 Å². The average Bonchev–Trinajstić information content (AvgIpc) is 2.96. The third-order valence-electron chi connectivity index (χ3n) is 3.94. The van der Waals surface area contributed by atoms with Gasteiger partial charge >= 0.3 is 5.97 Å². The summed E-state index contributed by atoms with van der Waals surface area (Å²) in [5.41, 5.74) is 2.45. The van der Waals surface area contributed by atoms with Gasteiger partial charge in [-0.15, -0.1) is 0 Å². The van der Waals surface area contributed by atoms with Crippen molar-refractivity contribution in [2.24, 2.45) is 0 Å². The van der Waals surface area contributed by atoms with Gasteiger partial charge in [0.25, 0.3) is 0 Å². The fraction of sp³-hybridized carbons (Fsp3) is 0.167. The molecule has 1 aromatic heterocycles. The minimum Gasteiger partial charge on any atom is -0.480 e. The van der Waals surface area contributed by atoms with Crippen LogP contribution in [0.15, 0.2) is 59.5 Å². The van der Waals surface area contributed by atoms with Gasteiger partial charge in [0, 0.05) is 17.6 Å². The third kappa shape index (κ3) is 3.89. The summed E-state index contributed by atoms with van der Waals surface area (Å²) in [5, 5.41) is 10.4. The number of nitrogens with one attached hydrogen (secondary N) is 2. The van der Waals surface area contributed by atoms with Crippen LogP contribution in [0.1, 0.15) is 11.3 Å². The Morgan fingerprint density at radius 2 is 1.84 bits per heavy atom. The van der Waals surface area contributed by atoms with E-state index in [2.05, 4.69) is 9.71 Å². The maximum absolute atomic E-state index is 12.4. The molecule has 7 heteroatoms. The summed E-state index contributed by atoms with van der Waals surface area (Å²) < 4.78 is 27.1. The molecule has 2 aromatic carbocycles. The topological polar surface area (TPSA) is 99.3 Å². The Morgan fingerprint density at radius 3 is 2.48 bits per heavy atom. The van der Waals surface area contributed by atoms with Gasteiger partial charge in [0.05, 0.1) is 4.90 Å². The first-order chi connectivity index (χ1) is 11.8. The van der Waals surface area contributed by atoms with E-state index >= 15 is 0 Å². The lowest BCUT2D eigenvalue weighted by Gasteiger charge is -2.14. The van der Waals surface area contributed by atoms with E-state index in [1.54, 1.807) is 12.1 Å². The van der Waals surface area contributed by atoms with Crippen LogP contribution in [0, 0.1) is 6.92 Å². The van der Waals surface area contributed by atoms with Crippen molar-refractivity contribution < 1.29 is 18.3 Å². The highest BCUT2D eigenvalue weighted by atomic mass is 32.2. The summed E-state index contributed by atoms with van der Waals surface area (Å²) >= 11 is 0. The molecule has 1 heterocycles. The zero-order valence-electron chi connectivity index (χ0n) is 13.6. The van der Waals surface area contributed by atoms with Crippen molar-refractivity contribution in [2.45, 2.75) is 24.3 Å². The number of hydrogen-bond acceptors (Lipinski definition) is 3. The molecule has 0 bridgehead atoms. The van der Waals surface area contributed by atoms with E-state index in [9.17, 15) is 18.3 Å². The van der Waals surface area contributed by atoms with Crippen molar-refractivity contribution in [3.8, 4) is 0 Å². The number of benzene rings is 2. The average molecular weight is 358 g/mol. The Bertz CT molecular complexity index is 974. The van der Waals surface area contributed by atoms with Crippen molar-refractivity contribution in [3.63, 3.8) is 0 Å². The number of fused-ring (bicyclic) bond motifs is 1. The van der Waals surface area contributed by atoms with Crippen LogP contribution in [-0.2, 0) is 21.2 Å². The molecule has 0 aliphatic rings. The molecule has 3 aromatic rings. The van der Waals surface area contributed by atoms with Crippen LogP contribution >= 0.6 is 0 Å². The molecular weight excluding hydrogens is 340 g/mol. The maximum Gasteiger partial charge on any atom is 0.322 e. The van der Waals surface area contributed by atoms with Crippen molar-refractivity contribution in [3.05, 3.63) is 65.9 Å². The van der Waals surface area contributed by atoms with Crippen LogP contribution in [-0.4, -0.2) is 30.5 Å². The summed E-state index contributed by atoms with van der Waals surface area (Å²) in [4.78, 5) is 14.7. The highest BCUT2D eigenvalue weighted by molar-refractivity contribution is 7.89. The standard InChI is InChI=1S/C18H18N2O4S/c1-12-6-8-15(9-7-12)25(23,24)20-17(18(21)22)11-14-10-13-4-2-3-5-16(13)19-14/h2-10,17,19-20H,11H2,1H3,(H,21,22)/t17-/m0/s1. The monoisotopic (exact) mass is 358 g/mol. The number of para-hydroxylation sites is 1. The van der Waals surface area contributed by atoms with Gasteiger partial charge in [-0.25, -0.2) is 8.42 Å². The van der Waals surface area contributed by atoms with Gasteiger partial charge in [0.15, 0.2) is 0 Å². The normalized spacial score (nSPS) is 13.0. The first-order valence-corrected chi connectivity index (χ1v) is 9.22. The minimum atomic E-state index is -3.92. The Kier molecular flexibility index (Phi) is 4.61. The highest BCUT2D eigenvalue weighted by Gasteiger charge is 2.26. The van der Waals surface area contributed by atoms with Crippen LogP contribution in [0.2, 0.25) is 0 Å². The summed E-state index contributed by atoms with van der Waals surface area (Å²) in [6.45, 7) is 1.85. The zero-order chi connectivity index (χ0) is 18.0. The second-order valence-corrected chi connectivity index (χ2v) is 7.63. The van der Waals surface area contributed by atoms with Gasteiger partial charge < -0.3 is 10.1 Å². The SMILES string of the molecule is Cc1ccc(S(=O)(=O)N[C@@H](Cc2cc3ccccc3[nH]2)C(=O)O)cc1. The van der Waals surface area contributed by atoms with E-state index < -0.39 is 22.0 Å². The molecule has 0 aliphatic heterocycles. The molecule has 0 radical (unpaired) electrons. The van der Waals surface area contributed by atoms with Gasteiger partial charge in [-0.2, -0.15) is 4.72 Å². The van der Waals surface area contributed by atoms with Crippen LogP contribution in [0.3, 0.4) is 0 Å². The molecule has 0 aliphatic carbocycles. The Morgan fingerprint density at radius 1 is 1.16 bits per heavy atom. The van der Waals surface area contributed by atoms with Gasteiger partial charge in [-0.1, -0.05) is 35.9 Å². The van der Waals surface area contributed by atoms with Crippen LogP contribution in [0.4, 0.5) is 0 Å². The molecule has 0 amide bonds. The maximum atomic E-state index is 12.4. The summed E-state index contributed by atoms with van der Waals surface area (Å²) in [6.07, 6.45) is 0.0229. The van der Waals surface area contributed by atoms with E-state index in [0.29, 0.717) is 5.69 Å². The van der Waals surface area contributed by atoms with E-state index in [1.807, 2.05) is 37.3 Å². The van der Waals surface area contributed by atoms with Crippen molar-refractivity contribution in [1.29, 1.82) is 0 Å². The molecular formula is C18H18N2O4S. The van der Waals surface area contributed by atoms with Gasteiger partial charge in [0.2, 0.25) is 10.0 Å². The van der Waals surface area contributed by atoms with E-state index in [1.165, 1.54) is 12.1 Å². The van der Waals surface area contributed by atoms with E-state index in [0.717, 1.165) is 16.5 Å². The summed E-state index contributed by atoms with van der Waals surface area (Å²) in [7, 11) is -3.92. The molecule has 0 unspecified atom stereocenters. The van der Waals surface area contributed by atoms with Crippen LogP contribution < -0.4 is 4.72 Å². The number of aromatic amines is 1. The predicted molar refractivity (Wildman–Crippen MR) is 94.9 cm³/mol. The lowest BCUT2D eigenvalue weighted by atomic mass is 10.1. The second-order valence-electron chi connectivity index (χ2n) is 5.91. The number of H-pyrrole nitrogens is 1. The second kappa shape index (κ2) is 6.70. The quantitative estimate of drug-likeness (QED) is 0.630. The molecule has 0 spiro atoms. The van der Waals surface area contributed by atoms with E-state index in [4.69, 9.17) is 0 Å². The minimum absolute atomic E-state index is 0.0229. The highest BCUT2D eigenvalue weighted by Crippen LogP contribution is 2.17. The number of carbonyl (C=O) groups is 1. The molecule has 1 atom stereocenters. The van der Waals surface area contributed by atoms with Gasteiger partial charge in [-0.05, 0) is 36.6 Å². The summed E-state index contributed by atoms with van der Waals surface area (Å²) in [5.74, 6) is -1.23. The van der Waals surface area contributed by atoms with Crippen LogP contribution in [0.5, 0.6) is 0 Å². The molecule has 6 nitrogen and oxygen atoms in total. The van der Waals surface area contributed by atoms with Crippen molar-refractivity contribution in [1.82, 2.24) is 9.71 Å². The summed E-state index contributed by atoms with van der Waals surface area (Å²) in [6, 6.07) is 14.4. The Hall–Kier alpha value is -2.64. The first kappa shape index (κ1) is 17.2. The first-order valence-electron chi connectivity index (χ1n) is 7.73. The number of rotatable bonds is 6. The largest absolute Gasteiger partial charge is 0.480 e. The lowest BCUT2D eigenvalue weighted by molar-refractivity contribution is -0.138. The number of carboxylic acid groups (broad SMARTS) is 1. The van der Waals surface area contributed by atoms with E-state index in [-0.39, 0.29) is 11.3 Å². The predicted octanol–water partition coefficient (Wildman–Crippen LogP) is 2.45. The molecule has 130 valence electrons. The molecule has 0 saturated heterocycles. The third-order valence-corrected chi connectivity index (χ3v) is 5.42. The molecule has 3 rings (SSSR count). The van der Waals surface area contributed by atoms with Crippen molar-refractivity contribution >= 4 is 26.9 Å². The molecule has 0 saturated carbocycles. The fourth-order valence-corrected chi connectivity index (χ4v) is 3.80.